The van der Waals surface area contributed by atoms with Crippen LogP contribution in [0.1, 0.15) is 5.56 Å². The molecule has 5 nitrogen and oxygen atoms in total. The first-order valence-electron chi connectivity index (χ1n) is 5.91. The number of rotatable bonds is 2. The molecule has 1 unspecified atom stereocenters. The van der Waals surface area contributed by atoms with E-state index in [2.05, 4.69) is 5.32 Å². The van der Waals surface area contributed by atoms with Crippen LogP contribution in [0.5, 0.6) is 11.5 Å². The minimum atomic E-state index is -1.08. The van der Waals surface area contributed by atoms with Crippen molar-refractivity contribution >= 4 is 11.4 Å². The number of ether oxygens (including phenoxy) is 2. The van der Waals surface area contributed by atoms with E-state index >= 15 is 0 Å². The lowest BCUT2D eigenvalue weighted by Crippen LogP contribution is -2.46. The lowest BCUT2D eigenvalue weighted by atomic mass is 10.1. The van der Waals surface area contributed by atoms with Crippen molar-refractivity contribution in [2.45, 2.75) is 5.85 Å². The van der Waals surface area contributed by atoms with Crippen LogP contribution in [0.25, 0.3) is 0 Å². The molecule has 98 valence electrons. The molecule has 1 heterocycles. The first-order chi connectivity index (χ1) is 9.10. The number of benzene rings is 2. The van der Waals surface area contributed by atoms with Gasteiger partial charge in [-0.05, 0) is 42.5 Å². The highest BCUT2D eigenvalue weighted by atomic mass is 16.5. The Morgan fingerprint density at radius 1 is 1.16 bits per heavy atom. The topological polar surface area (TPSA) is 82.5 Å². The predicted molar refractivity (Wildman–Crippen MR) is 74.0 cm³/mol. The second kappa shape index (κ2) is 4.07. The lowest BCUT2D eigenvalue weighted by Gasteiger charge is -2.24. The van der Waals surface area contributed by atoms with Gasteiger partial charge < -0.3 is 20.5 Å². The molecule has 19 heavy (non-hydrogen) atoms. The molecular weight excluding hydrogens is 242 g/mol. The molecular formula is C14H15N3O2. The van der Waals surface area contributed by atoms with Crippen LogP contribution in [0.2, 0.25) is 0 Å². The summed E-state index contributed by atoms with van der Waals surface area (Å²) in [5.74, 6) is 0.377. The minimum Gasteiger partial charge on any atom is -0.497 e. The fourth-order valence-corrected chi connectivity index (χ4v) is 2.10. The minimum absolute atomic E-state index is 0.661. The number of hydrogen-bond acceptors (Lipinski definition) is 5. The Balaban J connectivity index is 1.93. The van der Waals surface area contributed by atoms with Gasteiger partial charge in [0.1, 0.15) is 11.5 Å². The van der Waals surface area contributed by atoms with Crippen LogP contribution in [0.15, 0.2) is 42.5 Å². The van der Waals surface area contributed by atoms with Crippen molar-refractivity contribution < 1.29 is 9.47 Å². The van der Waals surface area contributed by atoms with Crippen LogP contribution < -0.4 is 26.3 Å². The Kier molecular flexibility index (Phi) is 2.50. The maximum absolute atomic E-state index is 6.26. The van der Waals surface area contributed by atoms with Crippen molar-refractivity contribution in [3.05, 3.63) is 48.0 Å². The van der Waals surface area contributed by atoms with Crippen LogP contribution >= 0.6 is 0 Å². The fraction of sp³-hybridized carbons (Fsp3) is 0.143. The Bertz CT molecular complexity index is 613. The third kappa shape index (κ3) is 1.94. The predicted octanol–water partition coefficient (Wildman–Crippen LogP) is 1.85. The molecule has 2 aromatic rings. The molecule has 3 rings (SSSR count). The van der Waals surface area contributed by atoms with Gasteiger partial charge in [-0.2, -0.15) is 0 Å². The summed E-state index contributed by atoms with van der Waals surface area (Å²) in [7, 11) is 1.62. The van der Waals surface area contributed by atoms with Crippen LogP contribution in [0.4, 0.5) is 11.4 Å². The second-order valence-corrected chi connectivity index (χ2v) is 4.45. The summed E-state index contributed by atoms with van der Waals surface area (Å²) >= 11 is 0. The van der Waals surface area contributed by atoms with Crippen molar-refractivity contribution in [1.82, 2.24) is 0 Å². The zero-order valence-corrected chi connectivity index (χ0v) is 10.5. The number of anilines is 2. The number of fused-ring (bicyclic) bond motifs is 1. The fourth-order valence-electron chi connectivity index (χ4n) is 2.10. The van der Waals surface area contributed by atoms with Crippen LogP contribution in [-0.4, -0.2) is 7.11 Å². The number of nitrogen functional groups attached to an aromatic ring is 1. The van der Waals surface area contributed by atoms with Crippen molar-refractivity contribution in [3.63, 3.8) is 0 Å². The highest BCUT2D eigenvalue weighted by Gasteiger charge is 2.36. The summed E-state index contributed by atoms with van der Waals surface area (Å²) in [5.41, 5.74) is 14.3. The molecule has 0 spiro atoms. The Morgan fingerprint density at radius 3 is 2.58 bits per heavy atom. The van der Waals surface area contributed by atoms with Gasteiger partial charge in [-0.15, -0.1) is 0 Å². The van der Waals surface area contributed by atoms with Gasteiger partial charge in [-0.25, -0.2) is 0 Å². The molecule has 0 bridgehead atoms. The third-order valence-electron chi connectivity index (χ3n) is 3.11. The average Bonchev–Trinajstić information content (AvgIpc) is 2.75. The average molecular weight is 257 g/mol. The Morgan fingerprint density at radius 2 is 1.89 bits per heavy atom. The molecule has 5 heteroatoms. The maximum Gasteiger partial charge on any atom is 0.263 e. The number of nitrogens with two attached hydrogens (primary N) is 2. The Labute approximate surface area is 111 Å². The van der Waals surface area contributed by atoms with Gasteiger partial charge in [0, 0.05) is 11.3 Å². The first kappa shape index (κ1) is 11.7. The molecule has 1 aliphatic rings. The Hall–Kier alpha value is -2.40. The zero-order valence-electron chi connectivity index (χ0n) is 10.5. The van der Waals surface area contributed by atoms with Crippen molar-refractivity contribution in [3.8, 4) is 11.5 Å². The molecule has 0 saturated heterocycles. The van der Waals surface area contributed by atoms with Gasteiger partial charge in [0.05, 0.1) is 12.8 Å². The second-order valence-electron chi connectivity index (χ2n) is 4.45. The highest BCUT2D eigenvalue weighted by Crippen LogP contribution is 2.40. The molecule has 1 atom stereocenters. The van der Waals surface area contributed by atoms with E-state index in [1.54, 1.807) is 25.3 Å². The summed E-state index contributed by atoms with van der Waals surface area (Å²) in [6.45, 7) is 0. The smallest absolute Gasteiger partial charge is 0.263 e. The van der Waals surface area contributed by atoms with Gasteiger partial charge in [-0.3, -0.25) is 5.73 Å². The standard InChI is InChI=1S/C14H15N3O2/c1-18-11-5-2-9(3-6-11)14(16)17-12-8-10(15)4-7-13(12)19-14/h2-8,17H,15-16H2,1H3. The molecule has 1 aliphatic heterocycles. The van der Waals surface area contributed by atoms with E-state index in [1.807, 2.05) is 24.3 Å². The molecule has 0 aliphatic carbocycles. The quantitative estimate of drug-likeness (QED) is 0.715. The van der Waals surface area contributed by atoms with Crippen molar-refractivity contribution in [2.24, 2.45) is 5.73 Å². The summed E-state index contributed by atoms with van der Waals surface area (Å²) in [6.07, 6.45) is 0. The van der Waals surface area contributed by atoms with Crippen LogP contribution in [-0.2, 0) is 5.85 Å². The van der Waals surface area contributed by atoms with Gasteiger partial charge >= 0.3 is 0 Å². The van der Waals surface area contributed by atoms with E-state index in [0.717, 1.165) is 17.0 Å². The van der Waals surface area contributed by atoms with Crippen LogP contribution in [0, 0.1) is 0 Å². The summed E-state index contributed by atoms with van der Waals surface area (Å²) in [4.78, 5) is 0. The largest absolute Gasteiger partial charge is 0.497 e. The number of hydrogen-bond donors (Lipinski definition) is 3. The summed E-state index contributed by atoms with van der Waals surface area (Å²) < 4.78 is 10.9. The highest BCUT2D eigenvalue weighted by molar-refractivity contribution is 5.67. The van der Waals surface area contributed by atoms with Gasteiger partial charge in [0.2, 0.25) is 0 Å². The molecule has 0 fully saturated rings. The van der Waals surface area contributed by atoms with E-state index in [0.29, 0.717) is 11.4 Å². The first-order valence-corrected chi connectivity index (χ1v) is 5.91. The third-order valence-corrected chi connectivity index (χ3v) is 3.11. The van der Waals surface area contributed by atoms with E-state index < -0.39 is 5.85 Å². The molecule has 2 aromatic carbocycles. The number of methoxy groups -OCH3 is 1. The van der Waals surface area contributed by atoms with Gasteiger partial charge in [-0.1, -0.05) is 0 Å². The molecule has 5 N–H and O–H groups in total. The molecule has 0 aromatic heterocycles. The summed E-state index contributed by atoms with van der Waals surface area (Å²) in [5, 5.41) is 3.14. The lowest BCUT2D eigenvalue weighted by molar-refractivity contribution is 0.126. The maximum atomic E-state index is 6.26. The van der Waals surface area contributed by atoms with E-state index in [4.69, 9.17) is 20.9 Å². The van der Waals surface area contributed by atoms with E-state index in [1.165, 1.54) is 0 Å². The van der Waals surface area contributed by atoms with E-state index in [-0.39, 0.29) is 0 Å². The SMILES string of the molecule is COc1ccc(C2(N)Nc3cc(N)ccc3O2)cc1. The summed E-state index contributed by atoms with van der Waals surface area (Å²) in [6, 6.07) is 12.8. The zero-order chi connectivity index (χ0) is 13.5. The molecule has 0 amide bonds. The number of nitrogens with one attached hydrogen (secondary N) is 1. The molecule has 0 radical (unpaired) electrons. The van der Waals surface area contributed by atoms with E-state index in [9.17, 15) is 0 Å². The van der Waals surface area contributed by atoms with Gasteiger partial charge in [0.15, 0.2) is 0 Å². The van der Waals surface area contributed by atoms with Crippen molar-refractivity contribution in [1.29, 1.82) is 0 Å². The van der Waals surface area contributed by atoms with Crippen molar-refractivity contribution in [2.75, 3.05) is 18.2 Å². The van der Waals surface area contributed by atoms with Crippen LogP contribution in [0.3, 0.4) is 0 Å². The van der Waals surface area contributed by atoms with Gasteiger partial charge in [0.25, 0.3) is 5.85 Å². The normalized spacial score (nSPS) is 20.3. The molecule has 0 saturated carbocycles. The monoisotopic (exact) mass is 257 g/mol.